The van der Waals surface area contributed by atoms with E-state index in [-0.39, 0.29) is 6.04 Å². The lowest BCUT2D eigenvalue weighted by Crippen LogP contribution is -2.14. The van der Waals surface area contributed by atoms with Crippen molar-refractivity contribution in [3.05, 3.63) is 38.8 Å². The Morgan fingerprint density at radius 2 is 2.26 bits per heavy atom. The number of aryl methyl sites for hydroxylation is 1. The zero-order valence-electron chi connectivity index (χ0n) is 10.9. The van der Waals surface area contributed by atoms with Gasteiger partial charge < -0.3 is 10.5 Å². The molecule has 2 rings (SSSR count). The third-order valence-corrected chi connectivity index (χ3v) is 4.62. The topological polar surface area (TPSA) is 61.0 Å². The van der Waals surface area contributed by atoms with Crippen molar-refractivity contribution in [1.29, 1.82) is 0 Å². The number of nitrogens with zero attached hydrogens (tertiary/aromatic N) is 2. The minimum absolute atomic E-state index is 0.0849. The van der Waals surface area contributed by atoms with E-state index in [1.54, 1.807) is 7.11 Å². The number of halogens is 1. The number of methoxy groups -OCH3 is 1. The Balaban J connectivity index is 2.21. The monoisotopic (exact) mass is 341 g/mol. The van der Waals surface area contributed by atoms with Crippen LogP contribution in [0.5, 0.6) is 5.75 Å². The molecule has 2 aromatic rings. The molecule has 0 aliphatic heterocycles. The summed E-state index contributed by atoms with van der Waals surface area (Å²) in [7, 11) is 1.66. The van der Waals surface area contributed by atoms with Gasteiger partial charge in [-0.2, -0.15) is 0 Å². The van der Waals surface area contributed by atoms with Crippen molar-refractivity contribution >= 4 is 27.5 Å². The van der Waals surface area contributed by atoms with Gasteiger partial charge in [-0.1, -0.05) is 27.3 Å². The van der Waals surface area contributed by atoms with Crippen LogP contribution in [0.4, 0.5) is 0 Å². The van der Waals surface area contributed by atoms with Crippen LogP contribution < -0.4 is 10.5 Å². The van der Waals surface area contributed by atoms with Crippen LogP contribution in [0.1, 0.15) is 29.1 Å². The summed E-state index contributed by atoms with van der Waals surface area (Å²) in [5.41, 5.74) is 8.40. The van der Waals surface area contributed by atoms with Gasteiger partial charge in [0.25, 0.3) is 0 Å². The van der Waals surface area contributed by atoms with E-state index in [0.29, 0.717) is 0 Å². The zero-order valence-corrected chi connectivity index (χ0v) is 13.3. The van der Waals surface area contributed by atoms with Gasteiger partial charge in [0.15, 0.2) is 0 Å². The van der Waals surface area contributed by atoms with Gasteiger partial charge in [-0.15, -0.1) is 5.10 Å². The van der Waals surface area contributed by atoms with Gasteiger partial charge in [-0.25, -0.2) is 0 Å². The maximum Gasteiger partial charge on any atom is 0.119 e. The van der Waals surface area contributed by atoms with Gasteiger partial charge in [0.2, 0.25) is 0 Å². The van der Waals surface area contributed by atoms with Crippen LogP contribution in [0.2, 0.25) is 0 Å². The molecular formula is C13H16BrN3OS. The number of hydrogen-bond acceptors (Lipinski definition) is 5. The van der Waals surface area contributed by atoms with Crippen LogP contribution in [0.15, 0.2) is 22.7 Å². The van der Waals surface area contributed by atoms with E-state index < -0.39 is 0 Å². The van der Waals surface area contributed by atoms with Crippen molar-refractivity contribution in [1.82, 2.24) is 9.59 Å². The summed E-state index contributed by atoms with van der Waals surface area (Å²) in [6, 6.07) is 5.82. The number of aromatic nitrogens is 2. The highest BCUT2D eigenvalue weighted by atomic mass is 79.9. The quantitative estimate of drug-likeness (QED) is 0.907. The molecule has 0 bridgehead atoms. The van der Waals surface area contributed by atoms with E-state index in [4.69, 9.17) is 10.5 Å². The van der Waals surface area contributed by atoms with Crippen LogP contribution in [-0.4, -0.2) is 16.7 Å². The van der Waals surface area contributed by atoms with E-state index in [0.717, 1.165) is 39.2 Å². The fourth-order valence-electron chi connectivity index (χ4n) is 1.91. The lowest BCUT2D eigenvalue weighted by molar-refractivity contribution is 0.414. The van der Waals surface area contributed by atoms with E-state index >= 15 is 0 Å². The molecular weight excluding hydrogens is 326 g/mol. The highest BCUT2D eigenvalue weighted by Gasteiger charge is 2.16. The molecule has 0 saturated heterocycles. The first-order chi connectivity index (χ1) is 9.15. The molecule has 19 heavy (non-hydrogen) atoms. The molecule has 0 amide bonds. The third kappa shape index (κ3) is 3.32. The summed E-state index contributed by atoms with van der Waals surface area (Å²) in [6.07, 6.45) is 1.59. The summed E-state index contributed by atoms with van der Waals surface area (Å²) in [5, 5.41) is 4.11. The summed E-state index contributed by atoms with van der Waals surface area (Å²) in [5.74, 6) is 0.837. The second-order valence-corrected chi connectivity index (χ2v) is 5.85. The third-order valence-electron chi connectivity index (χ3n) is 2.95. The Kier molecular flexibility index (Phi) is 4.90. The Labute approximate surface area is 125 Å². The first kappa shape index (κ1) is 14.4. The predicted octanol–water partition coefficient (Wildman–Crippen LogP) is 3.11. The van der Waals surface area contributed by atoms with Gasteiger partial charge >= 0.3 is 0 Å². The van der Waals surface area contributed by atoms with E-state index in [9.17, 15) is 0 Å². The molecule has 2 N–H and O–H groups in total. The molecule has 1 heterocycles. The molecule has 4 nitrogen and oxygen atoms in total. The number of nitrogens with two attached hydrogens (primary N) is 1. The summed E-state index contributed by atoms with van der Waals surface area (Å²) >= 11 is 4.93. The van der Waals surface area contributed by atoms with Gasteiger partial charge in [-0.05, 0) is 48.1 Å². The summed E-state index contributed by atoms with van der Waals surface area (Å²) in [6.45, 7) is 2.06. The number of ether oxygens (including phenoxy) is 1. The second kappa shape index (κ2) is 6.45. The highest BCUT2D eigenvalue weighted by molar-refractivity contribution is 9.10. The molecule has 0 fully saturated rings. The Morgan fingerprint density at radius 3 is 2.95 bits per heavy atom. The Bertz CT molecular complexity index is 559. The van der Waals surface area contributed by atoms with E-state index in [1.807, 2.05) is 18.2 Å². The van der Waals surface area contributed by atoms with Crippen molar-refractivity contribution in [2.75, 3.05) is 7.11 Å². The van der Waals surface area contributed by atoms with Crippen LogP contribution in [0.25, 0.3) is 0 Å². The van der Waals surface area contributed by atoms with Gasteiger partial charge in [0.1, 0.15) is 5.75 Å². The average Bonchev–Trinajstić information content (AvgIpc) is 2.89. The Morgan fingerprint density at radius 1 is 1.47 bits per heavy atom. The van der Waals surface area contributed by atoms with Crippen LogP contribution >= 0.6 is 27.5 Å². The predicted molar refractivity (Wildman–Crippen MR) is 80.6 cm³/mol. The summed E-state index contributed by atoms with van der Waals surface area (Å²) < 4.78 is 10.3. The van der Waals surface area contributed by atoms with Crippen molar-refractivity contribution in [2.24, 2.45) is 5.73 Å². The molecule has 6 heteroatoms. The van der Waals surface area contributed by atoms with Gasteiger partial charge in [0, 0.05) is 10.5 Å². The van der Waals surface area contributed by atoms with Crippen LogP contribution in [0.3, 0.4) is 0 Å². The molecule has 0 aliphatic carbocycles. The van der Waals surface area contributed by atoms with E-state index in [2.05, 4.69) is 32.4 Å². The maximum atomic E-state index is 6.28. The fourth-order valence-corrected chi connectivity index (χ4v) is 3.05. The molecule has 0 saturated carbocycles. The minimum Gasteiger partial charge on any atom is -0.497 e. The van der Waals surface area contributed by atoms with Gasteiger partial charge in [0.05, 0.1) is 17.7 Å². The van der Waals surface area contributed by atoms with Crippen molar-refractivity contribution in [3.63, 3.8) is 0 Å². The first-order valence-electron chi connectivity index (χ1n) is 6.04. The molecule has 1 atom stereocenters. The van der Waals surface area contributed by atoms with Crippen molar-refractivity contribution in [3.8, 4) is 5.75 Å². The maximum absolute atomic E-state index is 6.28. The lowest BCUT2D eigenvalue weighted by atomic mass is 10.0. The second-order valence-electron chi connectivity index (χ2n) is 4.21. The SMILES string of the molecule is CCc1nnsc1C(N)Cc1cc(OC)ccc1Br. The molecule has 0 aliphatic rings. The molecule has 0 spiro atoms. The number of rotatable bonds is 5. The van der Waals surface area contributed by atoms with Crippen molar-refractivity contribution in [2.45, 2.75) is 25.8 Å². The highest BCUT2D eigenvalue weighted by Crippen LogP contribution is 2.28. The standard InChI is InChI=1S/C13H16BrN3OS/c1-3-12-13(19-17-16-12)11(15)7-8-6-9(18-2)4-5-10(8)14/h4-6,11H,3,7,15H2,1-2H3. The van der Waals surface area contributed by atoms with Gasteiger partial charge in [-0.3, -0.25) is 0 Å². The normalized spacial score (nSPS) is 12.4. The molecule has 1 unspecified atom stereocenters. The molecule has 1 aromatic heterocycles. The molecule has 102 valence electrons. The Hall–Kier alpha value is -0.980. The lowest BCUT2D eigenvalue weighted by Gasteiger charge is -2.13. The fraction of sp³-hybridized carbons (Fsp3) is 0.385. The largest absolute Gasteiger partial charge is 0.497 e. The van der Waals surface area contributed by atoms with Crippen LogP contribution in [-0.2, 0) is 12.8 Å². The number of hydrogen-bond donors (Lipinski definition) is 1. The minimum atomic E-state index is -0.0849. The average molecular weight is 342 g/mol. The summed E-state index contributed by atoms with van der Waals surface area (Å²) in [4.78, 5) is 1.07. The number of benzene rings is 1. The molecule has 0 radical (unpaired) electrons. The van der Waals surface area contributed by atoms with E-state index in [1.165, 1.54) is 11.5 Å². The smallest absolute Gasteiger partial charge is 0.119 e. The van der Waals surface area contributed by atoms with Crippen LogP contribution in [0, 0.1) is 0 Å². The van der Waals surface area contributed by atoms with Crippen molar-refractivity contribution < 1.29 is 4.74 Å². The zero-order chi connectivity index (χ0) is 13.8. The molecule has 1 aromatic carbocycles. The first-order valence-corrected chi connectivity index (χ1v) is 7.61.